The van der Waals surface area contributed by atoms with E-state index in [1.165, 1.54) is 72.3 Å². The lowest BCUT2D eigenvalue weighted by atomic mass is 9.97. The van der Waals surface area contributed by atoms with E-state index in [4.69, 9.17) is 26.3 Å². The number of fused-ring (bicyclic) bond motifs is 20. The molecule has 0 aliphatic carbocycles. The number of nitriles is 4. The van der Waals surface area contributed by atoms with Gasteiger partial charge in [-0.05, 0) is 131 Å². The van der Waals surface area contributed by atoms with Crippen LogP contribution in [-0.4, -0.2) is 18.7 Å². The molecule has 8 aromatic carbocycles. The lowest BCUT2D eigenvalue weighted by molar-refractivity contribution is -0.749. The summed E-state index contributed by atoms with van der Waals surface area (Å²) < 4.78 is 16.8. The first-order chi connectivity index (χ1) is 43.0. The summed E-state index contributed by atoms with van der Waals surface area (Å²) in [6.45, 7) is 52.0. The summed E-state index contributed by atoms with van der Waals surface area (Å²) in [5, 5.41) is 40.8. The summed E-state index contributed by atoms with van der Waals surface area (Å²) in [4.78, 5) is 14.6. The van der Waals surface area contributed by atoms with E-state index in [9.17, 15) is 21.0 Å². The Morgan fingerprint density at radius 2 is 0.753 bits per heavy atom. The Kier molecular flexibility index (Phi) is 13.1. The molecule has 89 heavy (non-hydrogen) atoms. The van der Waals surface area contributed by atoms with Crippen molar-refractivity contribution in [2.24, 2.45) is 0 Å². The van der Waals surface area contributed by atoms with Gasteiger partial charge in [0, 0.05) is 11.1 Å². The van der Waals surface area contributed by atoms with E-state index in [2.05, 4.69) is 186 Å². The molecular formula is C73H54N16+4. The van der Waals surface area contributed by atoms with Gasteiger partial charge in [-0.3, -0.25) is 0 Å². The van der Waals surface area contributed by atoms with Crippen molar-refractivity contribution in [2.75, 3.05) is 0 Å². The fraction of sp³-hybridized carbons (Fsp3) is 0.178. The predicted molar refractivity (Wildman–Crippen MR) is 337 cm³/mol. The molecule has 4 aliphatic heterocycles. The monoisotopic (exact) mass is 1150 g/mol. The van der Waals surface area contributed by atoms with E-state index in [-0.39, 0.29) is 0 Å². The minimum Gasteiger partial charge on any atom is -0.236 e. The van der Waals surface area contributed by atoms with Crippen molar-refractivity contribution in [3.05, 3.63) is 256 Å². The normalized spacial score (nSPS) is 11.8. The van der Waals surface area contributed by atoms with Gasteiger partial charge in [-0.25, -0.2) is 19.4 Å². The van der Waals surface area contributed by atoms with E-state index >= 15 is 0 Å². The Balaban J connectivity index is 0.000000109. The fourth-order valence-electron chi connectivity index (χ4n) is 13.7. The van der Waals surface area contributed by atoms with Gasteiger partial charge in [0.25, 0.3) is 0 Å². The van der Waals surface area contributed by atoms with Gasteiger partial charge in [0.05, 0.1) is 105 Å². The maximum absolute atomic E-state index is 9.36. The zero-order chi connectivity index (χ0) is 62.6. The van der Waals surface area contributed by atoms with Crippen LogP contribution >= 0.6 is 0 Å². The Morgan fingerprint density at radius 3 is 1.21 bits per heavy atom. The van der Waals surface area contributed by atoms with Crippen LogP contribution < -0.4 is 18.7 Å². The van der Waals surface area contributed by atoms with Gasteiger partial charge in [-0.2, -0.15) is 21.0 Å². The third-order valence-corrected chi connectivity index (χ3v) is 18.1. The van der Waals surface area contributed by atoms with Crippen LogP contribution in [-0.2, 0) is 26.2 Å². The summed E-state index contributed by atoms with van der Waals surface area (Å²) in [5.74, 6) is 0. The SMILES string of the molecule is [C-]#[N+]c1ccc(C#N)c2c[n+]3n(c12)-c1c(C)cc(C)cc1C3.[C-]#[N+]c1ccc(C#N)c2c[n+]3n(c12)-c1c(ccc(C)c1C)C3.[C-]#[N+]c1ccc(C#N)c2c[n+]3n(c12)-c1cc(C)c(C)c(C)c1C3.[C-]#[N+]c1ccc(C#N)c2c[n+]3n(c12)-c1cc(C)cc(C)c1C3. The van der Waals surface area contributed by atoms with E-state index in [0.29, 0.717) is 45.0 Å². The molecule has 8 heterocycles. The third kappa shape index (κ3) is 8.40. The second-order valence-corrected chi connectivity index (χ2v) is 23.3. The Bertz CT molecular complexity index is 5600. The van der Waals surface area contributed by atoms with Crippen molar-refractivity contribution in [1.29, 1.82) is 21.0 Å². The number of hydrogen-bond acceptors (Lipinski definition) is 4. The number of hydrogen-bond donors (Lipinski definition) is 0. The quantitative estimate of drug-likeness (QED) is 0.110. The number of benzene rings is 8. The molecule has 0 bridgehead atoms. The maximum atomic E-state index is 9.36. The lowest BCUT2D eigenvalue weighted by Crippen LogP contribution is -2.36. The molecule has 0 spiro atoms. The molecule has 16 nitrogen and oxygen atoms in total. The second kappa shape index (κ2) is 21.0. The minimum atomic E-state index is 0.583. The number of aromatic nitrogens is 8. The number of nitrogens with zero attached hydrogens (tertiary/aromatic N) is 16. The molecule has 0 amide bonds. The molecule has 12 aromatic rings. The van der Waals surface area contributed by atoms with Crippen molar-refractivity contribution in [1.82, 2.24) is 18.7 Å². The molecule has 422 valence electrons. The first kappa shape index (κ1) is 55.7. The van der Waals surface area contributed by atoms with Crippen molar-refractivity contribution in [3.8, 4) is 47.0 Å². The van der Waals surface area contributed by atoms with E-state index in [1.54, 1.807) is 48.5 Å². The first-order valence-corrected chi connectivity index (χ1v) is 28.8. The van der Waals surface area contributed by atoms with E-state index in [0.717, 1.165) is 92.5 Å². The van der Waals surface area contributed by atoms with Crippen LogP contribution in [0.1, 0.15) is 94.6 Å². The zero-order valence-corrected chi connectivity index (χ0v) is 50.5. The van der Waals surface area contributed by atoms with Crippen LogP contribution in [0.5, 0.6) is 0 Å². The summed E-state index contributed by atoms with van der Waals surface area (Å²) in [6, 6.07) is 38.0. The summed E-state index contributed by atoms with van der Waals surface area (Å²) >= 11 is 0. The number of aryl methyl sites for hydroxylation is 6. The molecule has 4 aliphatic rings. The van der Waals surface area contributed by atoms with Crippen LogP contribution in [0.15, 0.2) is 116 Å². The van der Waals surface area contributed by atoms with Crippen molar-refractivity contribution in [3.63, 3.8) is 0 Å². The molecular weight excluding hydrogens is 1100 g/mol. The van der Waals surface area contributed by atoms with E-state index < -0.39 is 0 Å². The maximum Gasteiger partial charge on any atom is 0.217 e. The molecule has 0 radical (unpaired) electrons. The molecule has 4 aromatic heterocycles. The fourth-order valence-corrected chi connectivity index (χ4v) is 13.7. The van der Waals surface area contributed by atoms with Crippen LogP contribution in [0.2, 0.25) is 0 Å². The Labute approximate surface area is 513 Å². The van der Waals surface area contributed by atoms with Crippen LogP contribution in [0.4, 0.5) is 22.7 Å². The highest BCUT2D eigenvalue weighted by molar-refractivity contribution is 5.99. The lowest BCUT2D eigenvalue weighted by Gasteiger charge is -2.09. The Hall–Kier alpha value is -12.4. The zero-order valence-electron chi connectivity index (χ0n) is 50.5. The average Bonchev–Trinajstić information content (AvgIpc) is 1.63. The highest BCUT2D eigenvalue weighted by atomic mass is 15.4. The molecule has 0 N–H and O–H groups in total. The van der Waals surface area contributed by atoms with Gasteiger partial charge in [0.2, 0.25) is 47.5 Å². The average molecular weight is 1160 g/mol. The van der Waals surface area contributed by atoms with Gasteiger partial charge in [0.1, 0.15) is 44.8 Å². The summed E-state index contributed by atoms with van der Waals surface area (Å²) in [7, 11) is 0. The van der Waals surface area contributed by atoms with Gasteiger partial charge < -0.3 is 0 Å². The third-order valence-electron chi connectivity index (χ3n) is 18.1. The molecule has 0 unspecified atom stereocenters. The van der Waals surface area contributed by atoms with Crippen molar-refractivity contribution >= 4 is 66.4 Å². The van der Waals surface area contributed by atoms with Crippen LogP contribution in [0.25, 0.3) is 85.7 Å². The molecule has 16 rings (SSSR count). The largest absolute Gasteiger partial charge is 0.236 e. The molecule has 0 atom stereocenters. The highest BCUT2D eigenvalue weighted by Crippen LogP contribution is 2.40. The minimum absolute atomic E-state index is 0.583. The standard InChI is InChI=1S/C19H15N4.3C18H13N4/c1-11-7-18-15(13(3)12(11)2)9-22-10-16-14(8-20)5-6-17(21-4)19(16)23(18)22;1-11-6-12(2)14-9-21-10-15-13(8-19)4-5-16(20-3)18(15)22(21)17(14)7-11;1-11-6-12(2)17-14(7-11)9-21-10-15-13(8-19)4-5-16(20-3)18(15)22(17)21;1-11-4-5-14-9-21-10-15-13(8-19)6-7-16(20-3)18(15)22(21)17(14)12(11)2/h5-7,10H,9H2,1-3H3;3*4-7,10H,9H2,1-2H3/q4*+1. The van der Waals surface area contributed by atoms with Gasteiger partial charge in [-0.1, -0.05) is 72.3 Å². The van der Waals surface area contributed by atoms with Crippen LogP contribution in [0, 0.1) is 134 Å². The van der Waals surface area contributed by atoms with Crippen molar-refractivity contribution in [2.45, 2.75) is 88.5 Å². The smallest absolute Gasteiger partial charge is 0.217 e. The Morgan fingerprint density at radius 1 is 0.360 bits per heavy atom. The van der Waals surface area contributed by atoms with Gasteiger partial charge in [0.15, 0.2) is 26.2 Å². The summed E-state index contributed by atoms with van der Waals surface area (Å²) in [6.07, 6.45) is 7.94. The summed E-state index contributed by atoms with van der Waals surface area (Å²) in [5.41, 5.74) is 29.0. The molecule has 0 saturated carbocycles. The van der Waals surface area contributed by atoms with E-state index in [1.807, 2.05) is 24.8 Å². The molecule has 0 fully saturated rings. The topological polar surface area (TPSA) is 148 Å². The molecule has 16 heteroatoms. The predicted octanol–water partition coefficient (Wildman–Crippen LogP) is 13.6. The van der Waals surface area contributed by atoms with Crippen LogP contribution in [0.3, 0.4) is 0 Å². The van der Waals surface area contributed by atoms with Gasteiger partial charge >= 0.3 is 0 Å². The second-order valence-electron chi connectivity index (χ2n) is 23.3. The van der Waals surface area contributed by atoms with Gasteiger partial charge in [-0.15, -0.1) is 37.5 Å². The van der Waals surface area contributed by atoms with Crippen molar-refractivity contribution < 1.29 is 18.7 Å². The number of rotatable bonds is 0. The highest BCUT2D eigenvalue weighted by Gasteiger charge is 2.37. The first-order valence-electron chi connectivity index (χ1n) is 28.8. The molecule has 0 saturated heterocycles.